The summed E-state index contributed by atoms with van der Waals surface area (Å²) >= 11 is 1.83. The molecule has 1 fully saturated rings. The van der Waals surface area contributed by atoms with Crippen molar-refractivity contribution in [3.8, 4) is 5.75 Å². The second kappa shape index (κ2) is 9.16. The van der Waals surface area contributed by atoms with Crippen LogP contribution in [0.1, 0.15) is 10.4 Å². The third kappa shape index (κ3) is 5.30. The van der Waals surface area contributed by atoms with Crippen molar-refractivity contribution < 1.29 is 9.53 Å². The molecule has 1 saturated heterocycles. The first-order valence-electron chi connectivity index (χ1n) is 9.05. The van der Waals surface area contributed by atoms with Gasteiger partial charge in [-0.25, -0.2) is 0 Å². The predicted octanol–water partition coefficient (Wildman–Crippen LogP) is 2.86. The van der Waals surface area contributed by atoms with Crippen molar-refractivity contribution >= 4 is 22.9 Å². The van der Waals surface area contributed by atoms with Gasteiger partial charge in [0, 0.05) is 37.6 Å². The zero-order chi connectivity index (χ0) is 18.4. The van der Waals surface area contributed by atoms with Crippen LogP contribution in [0.5, 0.6) is 5.75 Å². The van der Waals surface area contributed by atoms with E-state index in [4.69, 9.17) is 4.74 Å². The highest BCUT2D eigenvalue weighted by atomic mass is 32.1. The van der Waals surface area contributed by atoms with Gasteiger partial charge in [-0.1, -0.05) is 12.1 Å². The standard InChI is InChI=1S/C20H27N3O2S/c1-16-5-6-19(25-2)18(14-16)21-20(24)15-23-11-9-22(10-12-23)8-7-17-4-3-13-26-17/h3-6,13-14H,7-12,15H2,1-2H3,(H,21,24). The summed E-state index contributed by atoms with van der Waals surface area (Å²) in [6, 6.07) is 10.1. The van der Waals surface area contributed by atoms with Crippen molar-refractivity contribution in [2.75, 3.05) is 51.7 Å². The lowest BCUT2D eigenvalue weighted by atomic mass is 10.2. The first-order chi connectivity index (χ1) is 12.6. The van der Waals surface area contributed by atoms with Crippen LogP contribution < -0.4 is 10.1 Å². The molecule has 0 atom stereocenters. The number of thiophene rings is 1. The van der Waals surface area contributed by atoms with Gasteiger partial charge in [0.2, 0.25) is 5.91 Å². The summed E-state index contributed by atoms with van der Waals surface area (Å²) < 4.78 is 5.33. The summed E-state index contributed by atoms with van der Waals surface area (Å²) in [4.78, 5) is 18.6. The topological polar surface area (TPSA) is 44.8 Å². The van der Waals surface area contributed by atoms with Gasteiger partial charge in [-0.05, 0) is 42.5 Å². The van der Waals surface area contributed by atoms with Gasteiger partial charge < -0.3 is 15.0 Å². The number of carbonyl (C=O) groups excluding carboxylic acids is 1. The zero-order valence-corrected chi connectivity index (χ0v) is 16.3. The highest BCUT2D eigenvalue weighted by Gasteiger charge is 2.19. The lowest BCUT2D eigenvalue weighted by molar-refractivity contribution is -0.117. The van der Waals surface area contributed by atoms with E-state index in [1.54, 1.807) is 7.11 Å². The Balaban J connectivity index is 1.42. The molecule has 26 heavy (non-hydrogen) atoms. The molecule has 2 aromatic rings. The van der Waals surface area contributed by atoms with Crippen LogP contribution in [0.4, 0.5) is 5.69 Å². The fourth-order valence-electron chi connectivity index (χ4n) is 3.21. The van der Waals surface area contributed by atoms with E-state index in [2.05, 4.69) is 32.6 Å². The number of nitrogens with one attached hydrogen (secondary N) is 1. The maximum Gasteiger partial charge on any atom is 0.238 e. The number of hydrogen-bond donors (Lipinski definition) is 1. The molecule has 0 bridgehead atoms. The number of amides is 1. The molecular formula is C20H27N3O2S. The van der Waals surface area contributed by atoms with Crippen LogP contribution in [0.3, 0.4) is 0 Å². The number of benzene rings is 1. The van der Waals surface area contributed by atoms with Crippen molar-refractivity contribution in [1.82, 2.24) is 9.80 Å². The number of nitrogens with zero attached hydrogens (tertiary/aromatic N) is 2. The number of carbonyl (C=O) groups is 1. The summed E-state index contributed by atoms with van der Waals surface area (Å²) in [7, 11) is 1.62. The predicted molar refractivity (Wildman–Crippen MR) is 107 cm³/mol. The van der Waals surface area contributed by atoms with Gasteiger partial charge in [-0.2, -0.15) is 0 Å². The van der Waals surface area contributed by atoms with Crippen LogP contribution in [-0.4, -0.2) is 62.1 Å². The smallest absolute Gasteiger partial charge is 0.238 e. The molecule has 0 unspecified atom stereocenters. The minimum absolute atomic E-state index is 0.0148. The molecule has 6 heteroatoms. The molecule has 0 saturated carbocycles. The second-order valence-electron chi connectivity index (χ2n) is 6.70. The maximum absolute atomic E-state index is 12.4. The number of anilines is 1. The molecule has 1 aliphatic heterocycles. The van der Waals surface area contributed by atoms with Gasteiger partial charge in [-0.15, -0.1) is 11.3 Å². The molecule has 140 valence electrons. The highest BCUT2D eigenvalue weighted by Crippen LogP contribution is 2.25. The lowest BCUT2D eigenvalue weighted by Crippen LogP contribution is -2.49. The van der Waals surface area contributed by atoms with E-state index in [0.29, 0.717) is 12.3 Å². The summed E-state index contributed by atoms with van der Waals surface area (Å²) in [5.74, 6) is 0.711. The molecule has 1 aromatic carbocycles. The summed E-state index contributed by atoms with van der Waals surface area (Å²) in [6.07, 6.45) is 1.12. The molecule has 1 amide bonds. The molecule has 0 radical (unpaired) electrons. The maximum atomic E-state index is 12.4. The molecule has 1 aromatic heterocycles. The van der Waals surface area contributed by atoms with Crippen LogP contribution in [-0.2, 0) is 11.2 Å². The highest BCUT2D eigenvalue weighted by molar-refractivity contribution is 7.09. The Morgan fingerprint density at radius 2 is 1.96 bits per heavy atom. The van der Waals surface area contributed by atoms with Gasteiger partial charge in [-0.3, -0.25) is 9.69 Å². The van der Waals surface area contributed by atoms with Crippen LogP contribution in [0, 0.1) is 6.92 Å². The van der Waals surface area contributed by atoms with E-state index in [0.717, 1.165) is 50.4 Å². The molecule has 0 spiro atoms. The lowest BCUT2D eigenvalue weighted by Gasteiger charge is -2.34. The fourth-order valence-corrected chi connectivity index (χ4v) is 3.90. The molecule has 3 rings (SSSR count). The third-order valence-corrected chi connectivity index (χ3v) is 5.65. The average molecular weight is 374 g/mol. The third-order valence-electron chi connectivity index (χ3n) is 4.72. The molecule has 5 nitrogen and oxygen atoms in total. The summed E-state index contributed by atoms with van der Waals surface area (Å²) in [5, 5.41) is 5.12. The van der Waals surface area contributed by atoms with Crippen LogP contribution in [0.2, 0.25) is 0 Å². The van der Waals surface area contributed by atoms with Crippen molar-refractivity contribution in [3.05, 3.63) is 46.2 Å². The Bertz CT molecular complexity index is 710. The Morgan fingerprint density at radius 1 is 1.19 bits per heavy atom. The first-order valence-corrected chi connectivity index (χ1v) is 9.93. The molecule has 1 aliphatic rings. The van der Waals surface area contributed by atoms with E-state index < -0.39 is 0 Å². The molecule has 1 N–H and O–H groups in total. The second-order valence-corrected chi connectivity index (χ2v) is 7.73. The van der Waals surface area contributed by atoms with Gasteiger partial charge in [0.1, 0.15) is 5.75 Å². The SMILES string of the molecule is COc1ccc(C)cc1NC(=O)CN1CCN(CCc2cccs2)CC1. The Hall–Kier alpha value is -1.89. The summed E-state index contributed by atoms with van der Waals surface area (Å²) in [6.45, 7) is 7.44. The number of piperazine rings is 1. The van der Waals surface area contributed by atoms with Crippen molar-refractivity contribution in [3.63, 3.8) is 0 Å². The Kier molecular flexibility index (Phi) is 6.66. The van der Waals surface area contributed by atoms with E-state index in [1.165, 1.54) is 4.88 Å². The van der Waals surface area contributed by atoms with E-state index >= 15 is 0 Å². The van der Waals surface area contributed by atoms with Gasteiger partial charge in [0.25, 0.3) is 0 Å². The molecular weight excluding hydrogens is 346 g/mol. The molecule has 0 aliphatic carbocycles. The summed E-state index contributed by atoms with van der Waals surface area (Å²) in [5.41, 5.74) is 1.84. The quantitative estimate of drug-likeness (QED) is 0.811. The van der Waals surface area contributed by atoms with Crippen LogP contribution >= 0.6 is 11.3 Å². The van der Waals surface area contributed by atoms with Crippen LogP contribution in [0.15, 0.2) is 35.7 Å². The van der Waals surface area contributed by atoms with Crippen molar-refractivity contribution in [1.29, 1.82) is 0 Å². The minimum Gasteiger partial charge on any atom is -0.495 e. The Labute approximate surface area is 159 Å². The van der Waals surface area contributed by atoms with E-state index in [9.17, 15) is 4.79 Å². The molecule has 2 heterocycles. The van der Waals surface area contributed by atoms with Gasteiger partial charge in [0.05, 0.1) is 19.3 Å². The monoisotopic (exact) mass is 373 g/mol. The van der Waals surface area contributed by atoms with Crippen molar-refractivity contribution in [2.45, 2.75) is 13.3 Å². The van der Waals surface area contributed by atoms with E-state index in [-0.39, 0.29) is 5.91 Å². The largest absolute Gasteiger partial charge is 0.495 e. The first kappa shape index (κ1) is 18.9. The minimum atomic E-state index is 0.0148. The normalized spacial score (nSPS) is 15.8. The number of ether oxygens (including phenoxy) is 1. The Morgan fingerprint density at radius 3 is 2.65 bits per heavy atom. The fraction of sp³-hybridized carbons (Fsp3) is 0.450. The number of rotatable bonds is 7. The van der Waals surface area contributed by atoms with Gasteiger partial charge in [0.15, 0.2) is 0 Å². The number of aryl methyl sites for hydroxylation is 1. The zero-order valence-electron chi connectivity index (χ0n) is 15.5. The number of hydrogen-bond acceptors (Lipinski definition) is 5. The van der Waals surface area contributed by atoms with Crippen molar-refractivity contribution in [2.24, 2.45) is 0 Å². The van der Waals surface area contributed by atoms with Crippen LogP contribution in [0.25, 0.3) is 0 Å². The van der Waals surface area contributed by atoms with E-state index in [1.807, 2.05) is 36.5 Å². The van der Waals surface area contributed by atoms with Gasteiger partial charge >= 0.3 is 0 Å². The average Bonchev–Trinajstić information content (AvgIpc) is 3.15. The number of methoxy groups -OCH3 is 1.